The number of ketones is 1. The van der Waals surface area contributed by atoms with Gasteiger partial charge >= 0.3 is 5.63 Å². The van der Waals surface area contributed by atoms with Gasteiger partial charge in [0, 0.05) is 11.6 Å². The fourth-order valence-electron chi connectivity index (χ4n) is 1.54. The second-order valence-electron chi connectivity index (χ2n) is 3.60. The van der Waals surface area contributed by atoms with Crippen LogP contribution < -0.4 is 5.63 Å². The van der Waals surface area contributed by atoms with Crippen LogP contribution in [0.4, 0.5) is 0 Å². The molecule has 17 heavy (non-hydrogen) atoms. The number of aromatic hydroxyl groups is 1. The van der Waals surface area contributed by atoms with Gasteiger partial charge in [-0.2, -0.15) is 0 Å². The quantitative estimate of drug-likeness (QED) is 0.800. The molecule has 0 saturated heterocycles. The number of hydrogen-bond donors (Lipinski definition) is 1. The van der Waals surface area contributed by atoms with E-state index in [9.17, 15) is 14.7 Å². The first-order valence-electron chi connectivity index (χ1n) is 5.03. The van der Waals surface area contributed by atoms with Crippen molar-refractivity contribution in [2.45, 2.75) is 6.92 Å². The Balaban J connectivity index is 2.56. The van der Waals surface area contributed by atoms with Crippen molar-refractivity contribution in [3.63, 3.8) is 0 Å². The smallest absolute Gasteiger partial charge is 0.351 e. The molecule has 0 fully saturated rings. The van der Waals surface area contributed by atoms with E-state index in [1.807, 2.05) is 0 Å². The molecule has 86 valence electrons. The molecular formula is C13H10O4. The molecule has 0 aliphatic rings. The van der Waals surface area contributed by atoms with E-state index in [4.69, 9.17) is 4.42 Å². The Hall–Kier alpha value is -2.36. The highest BCUT2D eigenvalue weighted by atomic mass is 16.4. The van der Waals surface area contributed by atoms with Gasteiger partial charge in [-0.05, 0) is 6.92 Å². The fraction of sp³-hybridized carbons (Fsp3) is 0.0769. The molecule has 4 nitrogen and oxygen atoms in total. The Morgan fingerprint density at radius 1 is 1.24 bits per heavy atom. The van der Waals surface area contributed by atoms with Crippen molar-refractivity contribution in [1.29, 1.82) is 0 Å². The summed E-state index contributed by atoms with van der Waals surface area (Å²) in [5.41, 5.74) is -0.822. The van der Waals surface area contributed by atoms with Crippen LogP contribution >= 0.6 is 0 Å². The minimum atomic E-state index is -0.823. The first-order valence-corrected chi connectivity index (χ1v) is 5.03. The monoisotopic (exact) mass is 230 g/mol. The lowest BCUT2D eigenvalue weighted by atomic mass is 10.0. The molecule has 1 aromatic carbocycles. The zero-order valence-corrected chi connectivity index (χ0v) is 9.14. The Morgan fingerprint density at radius 2 is 1.88 bits per heavy atom. The Bertz CT molecular complexity index is 611. The van der Waals surface area contributed by atoms with E-state index in [2.05, 4.69) is 0 Å². The van der Waals surface area contributed by atoms with Gasteiger partial charge in [0.05, 0.1) is 0 Å². The molecule has 0 radical (unpaired) electrons. The second kappa shape index (κ2) is 4.25. The van der Waals surface area contributed by atoms with E-state index in [-0.39, 0.29) is 17.1 Å². The minimum absolute atomic E-state index is 0.261. The lowest BCUT2D eigenvalue weighted by Gasteiger charge is -2.02. The van der Waals surface area contributed by atoms with Gasteiger partial charge in [0.15, 0.2) is 0 Å². The average molecular weight is 230 g/mol. The summed E-state index contributed by atoms with van der Waals surface area (Å²) in [5.74, 6) is -0.637. The maximum absolute atomic E-state index is 12.0. The first kappa shape index (κ1) is 11.1. The van der Waals surface area contributed by atoms with Crippen LogP contribution in [0.2, 0.25) is 0 Å². The third kappa shape index (κ3) is 2.10. The summed E-state index contributed by atoms with van der Waals surface area (Å²) in [7, 11) is 0. The van der Waals surface area contributed by atoms with Gasteiger partial charge in [-0.25, -0.2) is 4.79 Å². The molecule has 1 heterocycles. The molecule has 1 aromatic heterocycles. The molecule has 0 bridgehead atoms. The van der Waals surface area contributed by atoms with Crippen molar-refractivity contribution in [1.82, 2.24) is 0 Å². The molecule has 0 spiro atoms. The molecule has 0 amide bonds. The number of carbonyl (C=O) groups is 1. The van der Waals surface area contributed by atoms with Crippen LogP contribution in [0.3, 0.4) is 0 Å². The summed E-state index contributed by atoms with van der Waals surface area (Å²) in [6, 6.07) is 9.51. The highest BCUT2D eigenvalue weighted by molar-refractivity contribution is 6.10. The number of rotatable bonds is 2. The highest BCUT2D eigenvalue weighted by Crippen LogP contribution is 2.18. The molecule has 2 aromatic rings. The van der Waals surface area contributed by atoms with Gasteiger partial charge in [0.2, 0.25) is 5.78 Å². The van der Waals surface area contributed by atoms with Gasteiger partial charge < -0.3 is 9.52 Å². The van der Waals surface area contributed by atoms with Crippen LogP contribution in [0.15, 0.2) is 45.6 Å². The van der Waals surface area contributed by atoms with Crippen LogP contribution in [0, 0.1) is 6.92 Å². The summed E-state index contributed by atoms with van der Waals surface area (Å²) in [6.07, 6.45) is 0. The molecule has 0 unspecified atom stereocenters. The molecule has 0 atom stereocenters. The van der Waals surface area contributed by atoms with Crippen molar-refractivity contribution < 1.29 is 14.3 Å². The second-order valence-corrected chi connectivity index (χ2v) is 3.60. The topological polar surface area (TPSA) is 67.5 Å². The number of aryl methyl sites for hydroxylation is 1. The fourth-order valence-corrected chi connectivity index (χ4v) is 1.54. The third-order valence-electron chi connectivity index (χ3n) is 2.32. The standard InChI is InChI=1S/C13H10O4/c1-8-7-10(14)11(13(16)17-8)12(15)9-5-3-2-4-6-9/h2-7,14H,1H3. The molecule has 0 aliphatic heterocycles. The third-order valence-corrected chi connectivity index (χ3v) is 2.32. The molecule has 0 saturated carbocycles. The van der Waals surface area contributed by atoms with Crippen molar-refractivity contribution in [3.05, 3.63) is 63.7 Å². The van der Waals surface area contributed by atoms with Gasteiger partial charge in [-0.1, -0.05) is 30.3 Å². The number of hydrogen-bond acceptors (Lipinski definition) is 4. The Labute approximate surface area is 97.1 Å². The Morgan fingerprint density at radius 3 is 2.47 bits per heavy atom. The van der Waals surface area contributed by atoms with Crippen molar-refractivity contribution >= 4 is 5.78 Å². The SMILES string of the molecule is Cc1cc(O)c(C(=O)c2ccccc2)c(=O)o1. The van der Waals surface area contributed by atoms with E-state index in [1.165, 1.54) is 13.0 Å². The van der Waals surface area contributed by atoms with Crippen LogP contribution in [0.5, 0.6) is 5.75 Å². The number of benzene rings is 1. The maximum atomic E-state index is 12.0. The maximum Gasteiger partial charge on any atom is 0.351 e. The van der Waals surface area contributed by atoms with Crippen LogP contribution in [-0.4, -0.2) is 10.9 Å². The molecule has 2 rings (SSSR count). The van der Waals surface area contributed by atoms with E-state index >= 15 is 0 Å². The van der Waals surface area contributed by atoms with E-state index in [0.717, 1.165) is 0 Å². The first-order chi connectivity index (χ1) is 8.09. The summed E-state index contributed by atoms with van der Waals surface area (Å²) in [5, 5.41) is 9.62. The van der Waals surface area contributed by atoms with E-state index in [0.29, 0.717) is 5.56 Å². The van der Waals surface area contributed by atoms with Crippen LogP contribution in [-0.2, 0) is 0 Å². The van der Waals surface area contributed by atoms with Gasteiger partial charge in [-0.15, -0.1) is 0 Å². The van der Waals surface area contributed by atoms with Gasteiger partial charge in [-0.3, -0.25) is 4.79 Å². The minimum Gasteiger partial charge on any atom is -0.507 e. The van der Waals surface area contributed by atoms with Gasteiger partial charge in [0.1, 0.15) is 17.1 Å². The highest BCUT2D eigenvalue weighted by Gasteiger charge is 2.19. The largest absolute Gasteiger partial charge is 0.507 e. The van der Waals surface area contributed by atoms with Crippen molar-refractivity contribution in [2.75, 3.05) is 0 Å². The summed E-state index contributed by atoms with van der Waals surface area (Å²) in [6.45, 7) is 1.53. The molecule has 0 aliphatic carbocycles. The van der Waals surface area contributed by atoms with Crippen molar-refractivity contribution in [3.8, 4) is 5.75 Å². The normalized spacial score (nSPS) is 10.2. The predicted molar refractivity (Wildman–Crippen MR) is 61.3 cm³/mol. The predicted octanol–water partition coefficient (Wildman–Crippen LogP) is 1.88. The summed E-state index contributed by atoms with van der Waals surface area (Å²) >= 11 is 0. The average Bonchev–Trinajstić information content (AvgIpc) is 2.28. The molecular weight excluding hydrogens is 220 g/mol. The van der Waals surface area contributed by atoms with E-state index < -0.39 is 11.4 Å². The van der Waals surface area contributed by atoms with Crippen molar-refractivity contribution in [2.24, 2.45) is 0 Å². The zero-order valence-electron chi connectivity index (χ0n) is 9.14. The molecule has 1 N–H and O–H groups in total. The van der Waals surface area contributed by atoms with Gasteiger partial charge in [0.25, 0.3) is 0 Å². The lowest BCUT2D eigenvalue weighted by Crippen LogP contribution is -2.15. The number of carbonyl (C=O) groups excluding carboxylic acids is 1. The zero-order chi connectivity index (χ0) is 12.4. The Kier molecular flexibility index (Phi) is 2.78. The van der Waals surface area contributed by atoms with Crippen LogP contribution in [0.1, 0.15) is 21.7 Å². The lowest BCUT2D eigenvalue weighted by molar-refractivity contribution is 0.103. The summed E-state index contributed by atoms with van der Waals surface area (Å²) < 4.78 is 4.80. The van der Waals surface area contributed by atoms with Crippen LogP contribution in [0.25, 0.3) is 0 Å². The molecule has 4 heteroatoms. The van der Waals surface area contributed by atoms with E-state index in [1.54, 1.807) is 30.3 Å². The summed E-state index contributed by atoms with van der Waals surface area (Å²) in [4.78, 5) is 23.5.